The molecule has 3 N–H and O–H groups in total. The Morgan fingerprint density at radius 3 is 2.35 bits per heavy atom. The lowest BCUT2D eigenvalue weighted by Crippen LogP contribution is -2.80. The van der Waals surface area contributed by atoms with Crippen LogP contribution in [0.5, 0.6) is 0 Å². The van der Waals surface area contributed by atoms with E-state index < -0.39 is 0 Å². The van der Waals surface area contributed by atoms with Gasteiger partial charge in [-0.25, -0.2) is 4.79 Å². The molecule has 1 unspecified atom stereocenters. The predicted molar refractivity (Wildman–Crippen MR) is 76.9 cm³/mol. The SMILES string of the molecule is O=C1CCC(c2ccc(C3CCNCC3)cc2)C(O)=[NH+]1. The van der Waals surface area contributed by atoms with Crippen molar-refractivity contribution < 1.29 is 14.9 Å². The summed E-state index contributed by atoms with van der Waals surface area (Å²) in [4.78, 5) is 13.7. The molecular weight excluding hydrogens is 252 g/mol. The van der Waals surface area contributed by atoms with Gasteiger partial charge < -0.3 is 10.4 Å². The molecule has 1 fully saturated rings. The lowest BCUT2D eigenvalue weighted by molar-refractivity contribution is -0.393. The van der Waals surface area contributed by atoms with E-state index in [9.17, 15) is 9.90 Å². The van der Waals surface area contributed by atoms with Crippen molar-refractivity contribution in [1.29, 1.82) is 0 Å². The van der Waals surface area contributed by atoms with Crippen molar-refractivity contribution in [3.63, 3.8) is 0 Å². The second-order valence-corrected chi connectivity index (χ2v) is 5.72. The highest BCUT2D eigenvalue weighted by Crippen LogP contribution is 2.28. The number of aliphatic hydroxyl groups is 1. The summed E-state index contributed by atoms with van der Waals surface area (Å²) in [5, 5.41) is 13.3. The molecule has 1 aromatic carbocycles. The Balaban J connectivity index is 1.76. The average Bonchev–Trinajstić information content (AvgIpc) is 2.48. The van der Waals surface area contributed by atoms with Crippen molar-refractivity contribution >= 4 is 11.8 Å². The Labute approximate surface area is 118 Å². The molecule has 4 heteroatoms. The molecule has 2 heterocycles. The first-order valence-corrected chi connectivity index (χ1v) is 7.40. The summed E-state index contributed by atoms with van der Waals surface area (Å²) in [5.74, 6) is 0.588. The second kappa shape index (κ2) is 5.75. The smallest absolute Gasteiger partial charge is 0.388 e. The zero-order chi connectivity index (χ0) is 13.9. The van der Waals surface area contributed by atoms with Crippen LogP contribution in [0.3, 0.4) is 0 Å². The van der Waals surface area contributed by atoms with Gasteiger partial charge in [0.15, 0.2) is 0 Å². The lowest BCUT2D eigenvalue weighted by Gasteiger charge is -2.23. The quantitative estimate of drug-likeness (QED) is 0.739. The molecule has 0 saturated carbocycles. The molecular formula is C16H21N2O2+. The minimum Gasteiger partial charge on any atom is -0.463 e. The molecule has 0 bridgehead atoms. The average molecular weight is 273 g/mol. The minimum absolute atomic E-state index is 0.0604. The summed E-state index contributed by atoms with van der Waals surface area (Å²) in [5.41, 5.74) is 2.47. The molecule has 1 atom stereocenters. The van der Waals surface area contributed by atoms with Crippen LogP contribution in [-0.4, -0.2) is 30.0 Å². The van der Waals surface area contributed by atoms with E-state index >= 15 is 0 Å². The van der Waals surface area contributed by atoms with Crippen LogP contribution in [0, 0.1) is 0 Å². The number of piperidine rings is 1. The Bertz CT molecular complexity index is 516. The van der Waals surface area contributed by atoms with E-state index in [1.165, 1.54) is 18.4 Å². The van der Waals surface area contributed by atoms with E-state index in [-0.39, 0.29) is 17.7 Å². The fourth-order valence-corrected chi connectivity index (χ4v) is 3.18. The third-order valence-corrected chi connectivity index (χ3v) is 4.41. The van der Waals surface area contributed by atoms with Gasteiger partial charge in [-0.1, -0.05) is 24.3 Å². The van der Waals surface area contributed by atoms with Crippen molar-refractivity contribution in [3.05, 3.63) is 35.4 Å². The van der Waals surface area contributed by atoms with Crippen LogP contribution < -0.4 is 10.3 Å². The van der Waals surface area contributed by atoms with Crippen molar-refractivity contribution in [3.8, 4) is 0 Å². The summed E-state index contributed by atoms with van der Waals surface area (Å²) in [6.45, 7) is 2.19. The number of rotatable bonds is 2. The minimum atomic E-state index is -0.0925. The Hall–Kier alpha value is -1.68. The molecule has 0 radical (unpaired) electrons. The number of aliphatic hydroxyl groups excluding tert-OH is 1. The van der Waals surface area contributed by atoms with Gasteiger partial charge in [0.2, 0.25) is 0 Å². The molecule has 4 nitrogen and oxygen atoms in total. The van der Waals surface area contributed by atoms with Crippen LogP contribution in [0.15, 0.2) is 24.3 Å². The molecule has 20 heavy (non-hydrogen) atoms. The third-order valence-electron chi connectivity index (χ3n) is 4.41. The molecule has 1 saturated heterocycles. The van der Waals surface area contributed by atoms with Crippen LogP contribution in [0.25, 0.3) is 0 Å². The van der Waals surface area contributed by atoms with E-state index in [1.54, 1.807) is 0 Å². The zero-order valence-electron chi connectivity index (χ0n) is 11.6. The first kappa shape index (κ1) is 13.3. The fourth-order valence-electron chi connectivity index (χ4n) is 3.18. The Morgan fingerprint density at radius 1 is 1.05 bits per heavy atom. The maximum absolute atomic E-state index is 11.2. The highest BCUT2D eigenvalue weighted by Gasteiger charge is 2.30. The van der Waals surface area contributed by atoms with E-state index in [0.29, 0.717) is 18.8 Å². The number of hydrogen-bond acceptors (Lipinski definition) is 2. The zero-order valence-corrected chi connectivity index (χ0v) is 11.6. The van der Waals surface area contributed by atoms with Gasteiger partial charge >= 0.3 is 11.8 Å². The van der Waals surface area contributed by atoms with Crippen LogP contribution in [-0.2, 0) is 4.79 Å². The maximum Gasteiger partial charge on any atom is 0.388 e. The summed E-state index contributed by atoms with van der Waals surface area (Å²) in [7, 11) is 0. The van der Waals surface area contributed by atoms with Crippen LogP contribution >= 0.6 is 0 Å². The summed E-state index contributed by atoms with van der Waals surface area (Å²) >= 11 is 0. The van der Waals surface area contributed by atoms with Crippen LogP contribution in [0.1, 0.15) is 48.6 Å². The van der Waals surface area contributed by atoms with Gasteiger partial charge in [0.05, 0.1) is 6.42 Å². The molecule has 1 aromatic rings. The number of nitrogens with one attached hydrogen (secondary N) is 2. The van der Waals surface area contributed by atoms with E-state index in [4.69, 9.17) is 0 Å². The molecule has 0 spiro atoms. The van der Waals surface area contributed by atoms with Crippen molar-refractivity contribution in [2.45, 2.75) is 37.5 Å². The van der Waals surface area contributed by atoms with Crippen molar-refractivity contribution in [1.82, 2.24) is 5.32 Å². The van der Waals surface area contributed by atoms with E-state index in [2.05, 4.69) is 34.6 Å². The van der Waals surface area contributed by atoms with Crippen molar-refractivity contribution in [2.24, 2.45) is 0 Å². The highest BCUT2D eigenvalue weighted by molar-refractivity contribution is 5.84. The topological polar surface area (TPSA) is 63.3 Å². The summed E-state index contributed by atoms with van der Waals surface area (Å²) < 4.78 is 0. The molecule has 1 amide bonds. The lowest BCUT2D eigenvalue weighted by atomic mass is 9.87. The van der Waals surface area contributed by atoms with Gasteiger partial charge in [0.25, 0.3) is 0 Å². The van der Waals surface area contributed by atoms with Gasteiger partial charge in [-0.2, -0.15) is 0 Å². The highest BCUT2D eigenvalue weighted by atomic mass is 16.3. The number of amides is 1. The number of carbonyl (C=O) groups excluding carboxylic acids is 1. The fraction of sp³-hybridized carbons (Fsp3) is 0.500. The maximum atomic E-state index is 11.2. The number of benzene rings is 1. The molecule has 106 valence electrons. The molecule has 0 aliphatic carbocycles. The molecule has 2 aliphatic heterocycles. The summed E-state index contributed by atoms with van der Waals surface area (Å²) in [6, 6.07) is 8.54. The van der Waals surface area contributed by atoms with Crippen LogP contribution in [0.4, 0.5) is 0 Å². The van der Waals surface area contributed by atoms with Gasteiger partial charge in [0, 0.05) is 0 Å². The normalized spacial score (nSPS) is 24.5. The molecule has 3 rings (SSSR count). The second-order valence-electron chi connectivity index (χ2n) is 5.72. The molecule has 2 aliphatic rings. The first-order valence-electron chi connectivity index (χ1n) is 7.40. The Morgan fingerprint density at radius 2 is 1.70 bits per heavy atom. The van der Waals surface area contributed by atoms with Gasteiger partial charge in [-0.05, 0) is 49.4 Å². The van der Waals surface area contributed by atoms with Gasteiger partial charge in [-0.15, -0.1) is 4.99 Å². The van der Waals surface area contributed by atoms with E-state index in [0.717, 1.165) is 18.7 Å². The van der Waals surface area contributed by atoms with Gasteiger partial charge in [-0.3, -0.25) is 0 Å². The first-order chi connectivity index (χ1) is 9.74. The largest absolute Gasteiger partial charge is 0.463 e. The number of carbonyl (C=O) groups is 1. The number of hydrogen-bond donors (Lipinski definition) is 3. The van der Waals surface area contributed by atoms with Crippen LogP contribution in [0.2, 0.25) is 0 Å². The van der Waals surface area contributed by atoms with E-state index in [1.807, 2.05) is 0 Å². The van der Waals surface area contributed by atoms with Crippen molar-refractivity contribution in [2.75, 3.05) is 13.1 Å². The molecule has 0 aromatic heterocycles. The Kier molecular flexibility index (Phi) is 3.83. The predicted octanol–water partition coefficient (Wildman–Crippen LogP) is 0.595. The van der Waals surface area contributed by atoms with Gasteiger partial charge in [0.1, 0.15) is 5.92 Å². The standard InChI is InChI=1S/C16H20N2O2/c19-15-6-5-14(16(20)18-15)13-3-1-11(2-4-13)12-7-9-17-10-8-12/h1-4,12,14,17H,5-10H2,(H,18,19,20)/p+1. The monoisotopic (exact) mass is 273 g/mol. The third kappa shape index (κ3) is 2.75. The summed E-state index contributed by atoms with van der Waals surface area (Å²) in [6.07, 6.45) is 3.54.